The maximum Gasteiger partial charge on any atom is 0.234 e. The molecule has 0 radical (unpaired) electrons. The van der Waals surface area contributed by atoms with Crippen LogP contribution in [0.1, 0.15) is 42.3 Å². The van der Waals surface area contributed by atoms with Crippen molar-refractivity contribution in [3.63, 3.8) is 0 Å². The fourth-order valence-electron chi connectivity index (χ4n) is 2.30. The van der Waals surface area contributed by atoms with Crippen LogP contribution >= 0.6 is 11.3 Å². The van der Waals surface area contributed by atoms with Crippen LogP contribution in [0.3, 0.4) is 0 Å². The molecule has 0 spiro atoms. The van der Waals surface area contributed by atoms with Crippen LogP contribution in [0.2, 0.25) is 0 Å². The molecule has 0 fully saturated rings. The largest absolute Gasteiger partial charge is 0.368 e. The van der Waals surface area contributed by atoms with Gasteiger partial charge in [-0.1, -0.05) is 43.7 Å². The third-order valence-corrected chi connectivity index (χ3v) is 4.46. The SMILES string of the molecule is CCCc1ccc([C@H](N[C@H](C)C(N)=O)c2cccs2)cc1. The second kappa shape index (κ2) is 7.38. The molecule has 1 amide bonds. The normalized spacial score (nSPS) is 13.8. The molecule has 4 heteroatoms. The molecule has 1 heterocycles. The number of rotatable bonds is 7. The Kier molecular flexibility index (Phi) is 5.53. The van der Waals surface area contributed by atoms with Crippen LogP contribution in [0.5, 0.6) is 0 Å². The summed E-state index contributed by atoms with van der Waals surface area (Å²) in [6.45, 7) is 3.98. The predicted molar refractivity (Wildman–Crippen MR) is 88.4 cm³/mol. The summed E-state index contributed by atoms with van der Waals surface area (Å²) in [7, 11) is 0. The van der Waals surface area contributed by atoms with Crippen LogP contribution in [0.25, 0.3) is 0 Å². The average molecular weight is 302 g/mol. The third kappa shape index (κ3) is 4.16. The van der Waals surface area contributed by atoms with Gasteiger partial charge >= 0.3 is 0 Å². The Morgan fingerprint density at radius 1 is 1.29 bits per heavy atom. The molecule has 0 aliphatic heterocycles. The highest BCUT2D eigenvalue weighted by Crippen LogP contribution is 2.27. The van der Waals surface area contributed by atoms with Gasteiger partial charge in [0.05, 0.1) is 12.1 Å². The molecule has 112 valence electrons. The maximum atomic E-state index is 11.3. The zero-order chi connectivity index (χ0) is 15.2. The van der Waals surface area contributed by atoms with Gasteiger partial charge in [0.15, 0.2) is 0 Å². The molecule has 1 aromatic heterocycles. The number of hydrogen-bond acceptors (Lipinski definition) is 3. The summed E-state index contributed by atoms with van der Waals surface area (Å²) in [5.41, 5.74) is 7.88. The highest BCUT2D eigenvalue weighted by molar-refractivity contribution is 7.10. The molecule has 3 N–H and O–H groups in total. The second-order valence-corrected chi connectivity index (χ2v) is 6.21. The van der Waals surface area contributed by atoms with Gasteiger partial charge in [0.25, 0.3) is 0 Å². The van der Waals surface area contributed by atoms with Gasteiger partial charge in [-0.25, -0.2) is 0 Å². The quantitative estimate of drug-likeness (QED) is 0.825. The van der Waals surface area contributed by atoms with Gasteiger partial charge in [-0.05, 0) is 35.9 Å². The summed E-state index contributed by atoms with van der Waals surface area (Å²) >= 11 is 1.68. The molecular weight excluding hydrogens is 280 g/mol. The van der Waals surface area contributed by atoms with Crippen LogP contribution in [0, 0.1) is 0 Å². The van der Waals surface area contributed by atoms with E-state index in [0.717, 1.165) is 18.4 Å². The van der Waals surface area contributed by atoms with Crippen molar-refractivity contribution in [2.24, 2.45) is 5.73 Å². The number of benzene rings is 1. The van der Waals surface area contributed by atoms with Crippen molar-refractivity contribution in [3.8, 4) is 0 Å². The fraction of sp³-hybridized carbons (Fsp3) is 0.353. The van der Waals surface area contributed by atoms with Crippen molar-refractivity contribution in [3.05, 3.63) is 57.8 Å². The van der Waals surface area contributed by atoms with E-state index in [4.69, 9.17) is 5.73 Å². The van der Waals surface area contributed by atoms with Gasteiger partial charge < -0.3 is 5.73 Å². The fourth-order valence-corrected chi connectivity index (χ4v) is 3.11. The lowest BCUT2D eigenvalue weighted by molar-refractivity contribution is -0.119. The van der Waals surface area contributed by atoms with Crippen LogP contribution < -0.4 is 11.1 Å². The van der Waals surface area contributed by atoms with E-state index in [9.17, 15) is 4.79 Å². The van der Waals surface area contributed by atoms with Crippen molar-refractivity contribution >= 4 is 17.2 Å². The van der Waals surface area contributed by atoms with Crippen molar-refractivity contribution in [1.29, 1.82) is 0 Å². The average Bonchev–Trinajstić information content (AvgIpc) is 2.99. The molecule has 0 saturated heterocycles. The number of hydrogen-bond donors (Lipinski definition) is 2. The summed E-state index contributed by atoms with van der Waals surface area (Å²) < 4.78 is 0. The molecular formula is C17H22N2OS. The first-order valence-electron chi connectivity index (χ1n) is 7.29. The van der Waals surface area contributed by atoms with E-state index in [1.54, 1.807) is 18.3 Å². The molecule has 0 unspecified atom stereocenters. The van der Waals surface area contributed by atoms with Gasteiger partial charge in [-0.2, -0.15) is 0 Å². The number of amides is 1. The van der Waals surface area contributed by atoms with E-state index in [1.165, 1.54) is 10.4 Å². The van der Waals surface area contributed by atoms with Gasteiger partial charge in [0.1, 0.15) is 0 Å². The summed E-state index contributed by atoms with van der Waals surface area (Å²) in [6, 6.07) is 12.3. The predicted octanol–water partition coefficient (Wildman–Crippen LogP) is 3.25. The third-order valence-electron chi connectivity index (χ3n) is 3.52. The monoisotopic (exact) mass is 302 g/mol. The van der Waals surface area contributed by atoms with Crippen LogP contribution in [0.4, 0.5) is 0 Å². The number of nitrogens with one attached hydrogen (secondary N) is 1. The van der Waals surface area contributed by atoms with Crippen molar-refractivity contribution < 1.29 is 4.79 Å². The van der Waals surface area contributed by atoms with Gasteiger partial charge in [-0.3, -0.25) is 10.1 Å². The second-order valence-electron chi connectivity index (χ2n) is 5.23. The Bertz CT molecular complexity index is 563. The Labute approximate surface area is 130 Å². The molecule has 1 aromatic carbocycles. The first-order valence-corrected chi connectivity index (χ1v) is 8.17. The van der Waals surface area contributed by atoms with Crippen LogP contribution in [-0.2, 0) is 11.2 Å². The van der Waals surface area contributed by atoms with E-state index < -0.39 is 0 Å². The lowest BCUT2D eigenvalue weighted by atomic mass is 10.0. The molecule has 0 aliphatic rings. The van der Waals surface area contributed by atoms with Crippen LogP contribution in [-0.4, -0.2) is 11.9 Å². The number of nitrogens with two attached hydrogens (primary N) is 1. The minimum absolute atomic E-state index is 0.00294. The van der Waals surface area contributed by atoms with E-state index in [1.807, 2.05) is 11.4 Å². The lowest BCUT2D eigenvalue weighted by Crippen LogP contribution is -2.40. The maximum absolute atomic E-state index is 11.3. The van der Waals surface area contributed by atoms with Gasteiger partial charge in [0.2, 0.25) is 5.91 Å². The standard InChI is InChI=1S/C17H22N2OS/c1-3-5-13-7-9-14(10-8-13)16(15-6-4-11-21-15)19-12(2)17(18)20/h4,6-12,16,19H,3,5H2,1-2H3,(H2,18,20)/t12-,16+/m1/s1. The molecule has 0 bridgehead atoms. The molecule has 3 nitrogen and oxygen atoms in total. The summed E-state index contributed by atoms with van der Waals surface area (Å²) in [4.78, 5) is 12.5. The molecule has 0 aliphatic carbocycles. The van der Waals surface area contributed by atoms with Crippen molar-refractivity contribution in [1.82, 2.24) is 5.32 Å². The lowest BCUT2D eigenvalue weighted by Gasteiger charge is -2.21. The van der Waals surface area contributed by atoms with Gasteiger partial charge in [0, 0.05) is 4.88 Å². The Hall–Kier alpha value is -1.65. The van der Waals surface area contributed by atoms with E-state index in [2.05, 4.69) is 42.6 Å². The minimum atomic E-state index is -0.368. The molecule has 2 rings (SSSR count). The Balaban J connectivity index is 2.24. The highest BCUT2D eigenvalue weighted by atomic mass is 32.1. The summed E-state index contributed by atoms with van der Waals surface area (Å²) in [5.74, 6) is -0.334. The first-order chi connectivity index (χ1) is 10.1. The number of carbonyl (C=O) groups excluding carboxylic acids is 1. The van der Waals surface area contributed by atoms with Crippen molar-refractivity contribution in [2.75, 3.05) is 0 Å². The molecule has 2 aromatic rings. The zero-order valence-corrected chi connectivity index (χ0v) is 13.3. The molecule has 2 atom stereocenters. The Morgan fingerprint density at radius 2 is 2.00 bits per heavy atom. The first kappa shape index (κ1) is 15.7. The van der Waals surface area contributed by atoms with Crippen LogP contribution in [0.15, 0.2) is 41.8 Å². The van der Waals surface area contributed by atoms with E-state index >= 15 is 0 Å². The molecule has 0 saturated carbocycles. The van der Waals surface area contributed by atoms with Gasteiger partial charge in [-0.15, -0.1) is 11.3 Å². The highest BCUT2D eigenvalue weighted by Gasteiger charge is 2.19. The van der Waals surface area contributed by atoms with E-state index in [-0.39, 0.29) is 18.0 Å². The number of thiophene rings is 1. The topological polar surface area (TPSA) is 55.1 Å². The van der Waals surface area contributed by atoms with E-state index in [0.29, 0.717) is 0 Å². The summed E-state index contributed by atoms with van der Waals surface area (Å²) in [6.07, 6.45) is 2.24. The molecule has 21 heavy (non-hydrogen) atoms. The number of carbonyl (C=O) groups is 1. The smallest absolute Gasteiger partial charge is 0.234 e. The van der Waals surface area contributed by atoms with Crippen molar-refractivity contribution in [2.45, 2.75) is 38.8 Å². The Morgan fingerprint density at radius 3 is 2.52 bits per heavy atom. The minimum Gasteiger partial charge on any atom is -0.368 e. The number of aryl methyl sites for hydroxylation is 1. The zero-order valence-electron chi connectivity index (χ0n) is 12.5. The number of primary amides is 1. The summed E-state index contributed by atoms with van der Waals surface area (Å²) in [5, 5.41) is 5.37.